The molecular weight excluding hydrogens is 340 g/mol. The van der Waals surface area contributed by atoms with Crippen LogP contribution in [0.3, 0.4) is 0 Å². The second-order valence-corrected chi connectivity index (χ2v) is 8.38. The highest BCUT2D eigenvalue weighted by atomic mass is 15.1. The molecule has 4 rings (SSSR count). The third-order valence-electron chi connectivity index (χ3n) is 6.13. The molecule has 3 aromatic carbocycles. The van der Waals surface area contributed by atoms with Crippen molar-refractivity contribution in [2.45, 2.75) is 24.8 Å². The summed E-state index contributed by atoms with van der Waals surface area (Å²) in [5, 5.41) is 0. The predicted molar refractivity (Wildman–Crippen MR) is 120 cm³/mol. The van der Waals surface area contributed by atoms with Gasteiger partial charge in [-0.2, -0.15) is 0 Å². The Morgan fingerprint density at radius 2 is 1.50 bits per heavy atom. The molecule has 3 aromatic rings. The first kappa shape index (κ1) is 18.8. The lowest BCUT2D eigenvalue weighted by Gasteiger charge is -2.35. The van der Waals surface area contributed by atoms with Crippen LogP contribution in [0.15, 0.2) is 72.8 Å². The molecule has 1 unspecified atom stereocenters. The summed E-state index contributed by atoms with van der Waals surface area (Å²) in [4.78, 5) is 4.52. The summed E-state index contributed by atoms with van der Waals surface area (Å²) in [7, 11) is 8.57. The van der Waals surface area contributed by atoms with Crippen LogP contribution in [0.5, 0.6) is 0 Å². The van der Waals surface area contributed by atoms with Gasteiger partial charge in [0, 0.05) is 31.7 Å². The summed E-state index contributed by atoms with van der Waals surface area (Å²) >= 11 is 0. The van der Waals surface area contributed by atoms with E-state index >= 15 is 0 Å². The van der Waals surface area contributed by atoms with E-state index in [1.165, 1.54) is 39.9 Å². The van der Waals surface area contributed by atoms with E-state index in [9.17, 15) is 0 Å². The molecule has 0 fully saturated rings. The molecule has 144 valence electrons. The van der Waals surface area contributed by atoms with Crippen LogP contribution in [0.1, 0.15) is 29.0 Å². The van der Waals surface area contributed by atoms with Crippen LogP contribution in [0.2, 0.25) is 0 Å². The highest BCUT2D eigenvalue weighted by molar-refractivity contribution is 5.67. The molecule has 0 aromatic heterocycles. The van der Waals surface area contributed by atoms with Gasteiger partial charge in [-0.1, -0.05) is 60.7 Å². The van der Waals surface area contributed by atoms with Crippen molar-refractivity contribution in [1.82, 2.24) is 4.90 Å². The first-order valence-electron chi connectivity index (χ1n) is 10.1. The van der Waals surface area contributed by atoms with Crippen LogP contribution in [-0.4, -0.2) is 39.1 Å². The van der Waals surface area contributed by atoms with Gasteiger partial charge in [-0.25, -0.2) is 0 Å². The van der Waals surface area contributed by atoms with Gasteiger partial charge in [0.2, 0.25) is 0 Å². The minimum Gasteiger partial charge on any atom is -0.378 e. The van der Waals surface area contributed by atoms with Crippen LogP contribution in [0.4, 0.5) is 5.69 Å². The molecule has 0 saturated carbocycles. The standard InChI is InChI=1S/C26H30N2/c1-27(2)23-14-12-19(13-15-23)20-9-7-10-21(16-20)26-18-24(28(3)4)17-22-8-5-6-11-25(22)26/h5-16,24,26H,17-18H2,1-4H3/t24-,26?/m1/s1. The monoisotopic (exact) mass is 370 g/mol. The minimum atomic E-state index is 0.457. The largest absolute Gasteiger partial charge is 0.378 e. The van der Waals surface area contributed by atoms with Gasteiger partial charge in [0.05, 0.1) is 0 Å². The molecule has 0 amide bonds. The van der Waals surface area contributed by atoms with Crippen molar-refractivity contribution in [3.05, 3.63) is 89.5 Å². The topological polar surface area (TPSA) is 6.48 Å². The van der Waals surface area contributed by atoms with Crippen LogP contribution in [0, 0.1) is 0 Å². The summed E-state index contributed by atoms with van der Waals surface area (Å²) in [5.41, 5.74) is 8.23. The van der Waals surface area contributed by atoms with Crippen LogP contribution >= 0.6 is 0 Å². The Labute approximate surface area is 169 Å². The predicted octanol–water partition coefficient (Wildman–Crippen LogP) is 5.43. The van der Waals surface area contributed by atoms with Crippen LogP contribution < -0.4 is 4.90 Å². The molecule has 0 spiro atoms. The van der Waals surface area contributed by atoms with Crippen LogP contribution in [0.25, 0.3) is 11.1 Å². The van der Waals surface area contributed by atoms with Gasteiger partial charge >= 0.3 is 0 Å². The Balaban J connectivity index is 1.70. The van der Waals surface area contributed by atoms with Gasteiger partial charge in [0.15, 0.2) is 0 Å². The number of likely N-dealkylation sites (N-methyl/N-ethyl adjacent to an activating group) is 1. The Morgan fingerprint density at radius 1 is 0.750 bits per heavy atom. The number of nitrogens with zero attached hydrogens (tertiary/aromatic N) is 2. The number of hydrogen-bond acceptors (Lipinski definition) is 2. The fourth-order valence-electron chi connectivity index (χ4n) is 4.39. The number of rotatable bonds is 4. The molecule has 0 N–H and O–H groups in total. The van der Waals surface area contributed by atoms with E-state index in [-0.39, 0.29) is 0 Å². The van der Waals surface area contributed by atoms with Gasteiger partial charge in [0.25, 0.3) is 0 Å². The van der Waals surface area contributed by atoms with Crippen molar-refractivity contribution in [3.63, 3.8) is 0 Å². The SMILES string of the molecule is CN(C)c1ccc(-c2cccc(C3C[C@H](N(C)C)Cc4ccccc43)c2)cc1. The van der Waals surface area contributed by atoms with Gasteiger partial charge < -0.3 is 9.80 Å². The molecule has 0 aliphatic heterocycles. The molecule has 1 aliphatic carbocycles. The molecular formula is C26H30N2. The number of benzene rings is 3. The van der Waals surface area contributed by atoms with Gasteiger partial charge in [0.1, 0.15) is 0 Å². The van der Waals surface area contributed by atoms with E-state index in [2.05, 4.69) is 111 Å². The second kappa shape index (κ2) is 7.81. The normalized spacial score (nSPS) is 18.8. The van der Waals surface area contributed by atoms with E-state index in [1.807, 2.05) is 0 Å². The van der Waals surface area contributed by atoms with Crippen molar-refractivity contribution < 1.29 is 0 Å². The summed E-state index contributed by atoms with van der Waals surface area (Å²) in [6.07, 6.45) is 2.32. The molecule has 1 aliphatic rings. The molecule has 0 heterocycles. The average Bonchev–Trinajstić information content (AvgIpc) is 2.73. The van der Waals surface area contributed by atoms with E-state index in [1.54, 1.807) is 0 Å². The van der Waals surface area contributed by atoms with Gasteiger partial charge in [-0.05, 0) is 66.9 Å². The van der Waals surface area contributed by atoms with Crippen molar-refractivity contribution in [1.29, 1.82) is 0 Å². The highest BCUT2D eigenvalue weighted by Crippen LogP contribution is 2.39. The fourth-order valence-corrected chi connectivity index (χ4v) is 4.39. The third-order valence-corrected chi connectivity index (χ3v) is 6.13. The lowest BCUT2D eigenvalue weighted by Crippen LogP contribution is -2.35. The van der Waals surface area contributed by atoms with E-state index in [0.717, 1.165) is 6.42 Å². The van der Waals surface area contributed by atoms with Crippen molar-refractivity contribution in [2.75, 3.05) is 33.1 Å². The molecule has 2 atom stereocenters. The number of hydrogen-bond donors (Lipinski definition) is 0. The minimum absolute atomic E-state index is 0.457. The smallest absolute Gasteiger partial charge is 0.0361 e. The third kappa shape index (κ3) is 3.70. The van der Waals surface area contributed by atoms with Crippen molar-refractivity contribution in [2.24, 2.45) is 0 Å². The Bertz CT molecular complexity index is 941. The molecule has 2 heteroatoms. The van der Waals surface area contributed by atoms with Gasteiger partial charge in [-0.3, -0.25) is 0 Å². The van der Waals surface area contributed by atoms with E-state index in [4.69, 9.17) is 0 Å². The first-order chi connectivity index (χ1) is 13.5. The maximum absolute atomic E-state index is 2.39. The van der Waals surface area contributed by atoms with E-state index < -0.39 is 0 Å². The zero-order valence-electron chi connectivity index (χ0n) is 17.4. The molecule has 0 saturated heterocycles. The Kier molecular flexibility index (Phi) is 5.23. The van der Waals surface area contributed by atoms with E-state index in [0.29, 0.717) is 12.0 Å². The van der Waals surface area contributed by atoms with Crippen molar-refractivity contribution >= 4 is 5.69 Å². The summed E-state index contributed by atoms with van der Waals surface area (Å²) in [6, 6.07) is 27.6. The highest BCUT2D eigenvalue weighted by Gasteiger charge is 2.29. The Morgan fingerprint density at radius 3 is 2.21 bits per heavy atom. The maximum atomic E-state index is 2.39. The second-order valence-electron chi connectivity index (χ2n) is 8.38. The first-order valence-corrected chi connectivity index (χ1v) is 10.1. The molecule has 0 bridgehead atoms. The Hall–Kier alpha value is -2.58. The molecule has 2 nitrogen and oxygen atoms in total. The summed E-state index contributed by atoms with van der Waals surface area (Å²) in [5.74, 6) is 0.457. The lowest BCUT2D eigenvalue weighted by molar-refractivity contribution is 0.258. The molecule has 28 heavy (non-hydrogen) atoms. The maximum Gasteiger partial charge on any atom is 0.0361 e. The zero-order chi connectivity index (χ0) is 19.7. The quantitative estimate of drug-likeness (QED) is 0.604. The summed E-state index contributed by atoms with van der Waals surface area (Å²) < 4.78 is 0. The lowest BCUT2D eigenvalue weighted by atomic mass is 9.76. The fraction of sp³-hybridized carbons (Fsp3) is 0.308. The summed E-state index contributed by atoms with van der Waals surface area (Å²) in [6.45, 7) is 0. The average molecular weight is 371 g/mol. The number of anilines is 1. The van der Waals surface area contributed by atoms with Gasteiger partial charge in [-0.15, -0.1) is 0 Å². The molecule has 0 radical (unpaired) electrons. The zero-order valence-corrected chi connectivity index (χ0v) is 17.4. The number of fused-ring (bicyclic) bond motifs is 1. The van der Waals surface area contributed by atoms with Crippen molar-refractivity contribution in [3.8, 4) is 11.1 Å². The van der Waals surface area contributed by atoms with Crippen LogP contribution in [-0.2, 0) is 6.42 Å².